The molecule has 1 aromatic heterocycles. The van der Waals surface area contributed by atoms with Gasteiger partial charge in [0.15, 0.2) is 17.5 Å². The molecule has 0 fully saturated rings. The van der Waals surface area contributed by atoms with Gasteiger partial charge in [0.25, 0.3) is 0 Å². The third kappa shape index (κ3) is 7.52. The van der Waals surface area contributed by atoms with Crippen LogP contribution in [0, 0.1) is 5.92 Å². The second kappa shape index (κ2) is 15.8. The highest BCUT2D eigenvalue weighted by molar-refractivity contribution is 6.13. The molecule has 0 spiro atoms. The lowest BCUT2D eigenvalue weighted by molar-refractivity contribution is 0.600. The Morgan fingerprint density at radius 3 is 1.56 bits per heavy atom. The van der Waals surface area contributed by atoms with Gasteiger partial charge in [-0.15, -0.1) is 0 Å². The van der Waals surface area contributed by atoms with Gasteiger partial charge in [0.1, 0.15) is 17.8 Å². The number of aliphatic imine (C=N–C) groups is 2. The summed E-state index contributed by atoms with van der Waals surface area (Å²) in [4.78, 5) is 24.9. The Bertz CT molecular complexity index is 2900. The van der Waals surface area contributed by atoms with Gasteiger partial charge < -0.3 is 5.32 Å². The molecule has 2 heterocycles. The van der Waals surface area contributed by atoms with E-state index in [0.29, 0.717) is 23.4 Å². The summed E-state index contributed by atoms with van der Waals surface area (Å²) < 4.78 is 0. The maximum Gasteiger partial charge on any atom is 0.163 e. The fourth-order valence-electron chi connectivity index (χ4n) is 7.78. The Balaban J connectivity index is 0.919. The molecule has 0 saturated carbocycles. The van der Waals surface area contributed by atoms with E-state index >= 15 is 0 Å². The third-order valence-corrected chi connectivity index (χ3v) is 11.1. The normalized spacial score (nSPS) is 17.3. The van der Waals surface area contributed by atoms with Crippen molar-refractivity contribution in [3.05, 3.63) is 223 Å². The van der Waals surface area contributed by atoms with Crippen LogP contribution in [0.25, 0.3) is 55.8 Å². The van der Waals surface area contributed by atoms with Gasteiger partial charge in [0.2, 0.25) is 0 Å². The summed E-state index contributed by atoms with van der Waals surface area (Å²) in [5, 5.41) is 5.95. The topological polar surface area (TPSA) is 75.4 Å². The van der Waals surface area contributed by atoms with E-state index in [1.807, 2.05) is 54.6 Å². The fraction of sp³-hybridized carbons (Fsp3) is 0.0755. The van der Waals surface area contributed by atoms with Gasteiger partial charge in [-0.1, -0.05) is 195 Å². The molecule has 282 valence electrons. The molecule has 0 bridgehead atoms. The zero-order chi connectivity index (χ0) is 39.5. The quantitative estimate of drug-likeness (QED) is 0.167. The summed E-state index contributed by atoms with van der Waals surface area (Å²) in [6, 6.07) is 61.1. The Morgan fingerprint density at radius 1 is 0.441 bits per heavy atom. The van der Waals surface area contributed by atoms with Crippen LogP contribution in [-0.2, 0) is 0 Å². The van der Waals surface area contributed by atoms with E-state index in [0.717, 1.165) is 61.7 Å². The maximum atomic E-state index is 5.03. The lowest BCUT2D eigenvalue weighted by Crippen LogP contribution is -2.33. The van der Waals surface area contributed by atoms with Crippen molar-refractivity contribution in [2.45, 2.75) is 19.0 Å². The highest BCUT2D eigenvalue weighted by Gasteiger charge is 2.23. The van der Waals surface area contributed by atoms with Crippen molar-refractivity contribution in [3.63, 3.8) is 0 Å². The molecule has 2 aliphatic rings. The number of nitrogens with zero attached hydrogens (tertiary/aromatic N) is 5. The minimum atomic E-state index is -0.237. The Hall–Kier alpha value is -7.57. The standard InChI is InChI=1S/C53H40N6/c1-35-13-11-12-20-47(35)53-58-50(41-18-9-4-10-19-41)57-52(59-53)43-29-23-37(24-30-43)45-32-26-38-25-31-44(33-46(38)34-45)36-21-27-42(28-22-36)51-55-48(39-14-5-2-6-15-39)54-49(56-51)40-16-7-3-8-17-40/h2-35,47-48H,1H3,(H,54,55,56). The van der Waals surface area contributed by atoms with Crippen molar-refractivity contribution in [3.8, 4) is 45.0 Å². The molecular weight excluding hydrogens is 721 g/mol. The van der Waals surface area contributed by atoms with Gasteiger partial charge in [-0.25, -0.2) is 24.9 Å². The largest absolute Gasteiger partial charge is 0.344 e. The molecule has 1 aliphatic carbocycles. The van der Waals surface area contributed by atoms with Crippen LogP contribution in [0.1, 0.15) is 41.5 Å². The molecule has 0 radical (unpaired) electrons. The minimum absolute atomic E-state index is 0.0861. The summed E-state index contributed by atoms with van der Waals surface area (Å²) in [5.41, 5.74) is 9.59. The van der Waals surface area contributed by atoms with Gasteiger partial charge >= 0.3 is 0 Å². The molecule has 7 aromatic carbocycles. The van der Waals surface area contributed by atoms with E-state index < -0.39 is 0 Å². The van der Waals surface area contributed by atoms with Crippen molar-refractivity contribution in [1.82, 2.24) is 20.3 Å². The van der Waals surface area contributed by atoms with E-state index in [1.54, 1.807) is 0 Å². The molecule has 6 nitrogen and oxygen atoms in total. The first-order valence-electron chi connectivity index (χ1n) is 20.1. The first-order chi connectivity index (χ1) is 29.1. The molecule has 3 atom stereocenters. The lowest BCUT2D eigenvalue weighted by atomic mass is 9.89. The predicted octanol–water partition coefficient (Wildman–Crippen LogP) is 12.0. The van der Waals surface area contributed by atoms with Crippen LogP contribution in [0.5, 0.6) is 0 Å². The summed E-state index contributed by atoms with van der Waals surface area (Å²) in [6.45, 7) is 2.21. The molecular formula is C53H40N6. The van der Waals surface area contributed by atoms with E-state index in [-0.39, 0.29) is 12.1 Å². The number of allylic oxidation sites excluding steroid dienone is 4. The van der Waals surface area contributed by atoms with Gasteiger partial charge in [-0.3, -0.25) is 0 Å². The summed E-state index contributed by atoms with van der Waals surface area (Å²) >= 11 is 0. The average molecular weight is 761 g/mol. The lowest BCUT2D eigenvalue weighted by Gasteiger charge is -2.23. The van der Waals surface area contributed by atoms with Gasteiger partial charge in [-0.05, 0) is 56.6 Å². The second-order valence-corrected chi connectivity index (χ2v) is 15.0. The molecule has 1 aliphatic heterocycles. The second-order valence-electron chi connectivity index (χ2n) is 15.0. The maximum absolute atomic E-state index is 5.03. The van der Waals surface area contributed by atoms with E-state index in [4.69, 9.17) is 24.9 Å². The first-order valence-corrected chi connectivity index (χ1v) is 20.1. The van der Waals surface area contributed by atoms with Crippen molar-refractivity contribution < 1.29 is 0 Å². The summed E-state index contributed by atoms with van der Waals surface area (Å²) in [7, 11) is 0. The number of benzene rings is 7. The monoisotopic (exact) mass is 760 g/mol. The van der Waals surface area contributed by atoms with Gasteiger partial charge in [0, 0.05) is 28.2 Å². The van der Waals surface area contributed by atoms with Crippen LogP contribution >= 0.6 is 0 Å². The molecule has 1 N–H and O–H groups in total. The molecule has 3 unspecified atom stereocenters. The number of hydrogen-bond acceptors (Lipinski definition) is 6. The highest BCUT2D eigenvalue weighted by Crippen LogP contribution is 2.33. The first kappa shape index (κ1) is 35.8. The molecule has 10 rings (SSSR count). The minimum Gasteiger partial charge on any atom is -0.344 e. The van der Waals surface area contributed by atoms with Crippen LogP contribution in [0.15, 0.2) is 210 Å². The number of fused-ring (bicyclic) bond motifs is 1. The smallest absolute Gasteiger partial charge is 0.163 e. The molecule has 0 amide bonds. The van der Waals surface area contributed by atoms with Crippen LogP contribution < -0.4 is 5.32 Å². The zero-order valence-electron chi connectivity index (χ0n) is 32.5. The zero-order valence-corrected chi connectivity index (χ0v) is 32.5. The third-order valence-electron chi connectivity index (χ3n) is 11.1. The highest BCUT2D eigenvalue weighted by atomic mass is 15.2. The van der Waals surface area contributed by atoms with Crippen LogP contribution in [0.3, 0.4) is 0 Å². The van der Waals surface area contributed by atoms with Gasteiger partial charge in [-0.2, -0.15) is 0 Å². The van der Waals surface area contributed by atoms with Crippen molar-refractivity contribution in [2.24, 2.45) is 15.9 Å². The van der Waals surface area contributed by atoms with Gasteiger partial charge in [0.05, 0.1) is 0 Å². The Morgan fingerprint density at radius 2 is 0.949 bits per heavy atom. The molecule has 8 aromatic rings. The van der Waals surface area contributed by atoms with Crippen molar-refractivity contribution in [2.75, 3.05) is 0 Å². The molecule has 6 heteroatoms. The molecule has 0 saturated heterocycles. The Kier molecular flexibility index (Phi) is 9.57. The summed E-state index contributed by atoms with van der Waals surface area (Å²) in [6.07, 6.45) is 8.33. The number of nitrogens with one attached hydrogen (secondary N) is 1. The van der Waals surface area contributed by atoms with Crippen LogP contribution in [0.2, 0.25) is 0 Å². The van der Waals surface area contributed by atoms with Crippen LogP contribution in [-0.4, -0.2) is 26.6 Å². The van der Waals surface area contributed by atoms with Crippen molar-refractivity contribution in [1.29, 1.82) is 0 Å². The summed E-state index contributed by atoms with van der Waals surface area (Å²) in [5.74, 6) is 4.05. The molecule has 59 heavy (non-hydrogen) atoms. The number of aromatic nitrogens is 3. The predicted molar refractivity (Wildman–Crippen MR) is 241 cm³/mol. The average Bonchev–Trinajstić information content (AvgIpc) is 3.32. The number of amidine groups is 2. The van der Waals surface area contributed by atoms with Crippen molar-refractivity contribution >= 4 is 22.4 Å². The van der Waals surface area contributed by atoms with E-state index in [1.165, 1.54) is 10.8 Å². The number of rotatable bonds is 8. The Labute approximate surface area is 344 Å². The van der Waals surface area contributed by atoms with Crippen LogP contribution in [0.4, 0.5) is 0 Å². The number of hydrogen-bond donors (Lipinski definition) is 1. The van der Waals surface area contributed by atoms with E-state index in [2.05, 4.69) is 158 Å². The van der Waals surface area contributed by atoms with E-state index in [9.17, 15) is 0 Å². The SMILES string of the molecule is CC1C=CC=CC1c1nc(-c2ccccc2)nc(-c2ccc(-c3ccc4ccc(-c5ccc(C6=NC(c7ccccc7)=NC(c7ccccc7)N6)cc5)cc4c3)cc2)n1. The fourth-order valence-corrected chi connectivity index (χ4v) is 7.78.